The predicted octanol–water partition coefficient (Wildman–Crippen LogP) is 1.50. The summed E-state index contributed by atoms with van der Waals surface area (Å²) >= 11 is 0. The van der Waals surface area contributed by atoms with Crippen LogP contribution >= 0.6 is 0 Å². The fourth-order valence-corrected chi connectivity index (χ4v) is 3.55. The number of aliphatic hydroxyl groups is 1. The maximum absolute atomic E-state index is 13.1. The molecule has 36 heavy (non-hydrogen) atoms. The summed E-state index contributed by atoms with van der Waals surface area (Å²) in [5.41, 5.74) is 7.55. The zero-order valence-electron chi connectivity index (χ0n) is 20.0. The topological polar surface area (TPSA) is 187 Å². The van der Waals surface area contributed by atoms with Crippen molar-refractivity contribution in [3.8, 4) is 5.75 Å². The molecule has 0 spiro atoms. The predicted molar refractivity (Wildman–Crippen MR) is 131 cm³/mol. The number of carbonyl (C=O) groups is 3. The van der Waals surface area contributed by atoms with Gasteiger partial charge in [0.2, 0.25) is 11.9 Å². The summed E-state index contributed by atoms with van der Waals surface area (Å²) in [5.74, 6) is -0.621. The SMILES string of the molecule is CCn1nc(C)cc1C(=O)Nc1nc2cc(C(N)=O)cc(OCCCO)c2n1C/C=C/CNC(=O)O. The first-order chi connectivity index (χ1) is 17.2. The van der Waals surface area contributed by atoms with E-state index in [1.807, 2.05) is 6.92 Å². The van der Waals surface area contributed by atoms with E-state index in [1.165, 1.54) is 12.1 Å². The van der Waals surface area contributed by atoms with E-state index >= 15 is 0 Å². The van der Waals surface area contributed by atoms with Gasteiger partial charge in [0.25, 0.3) is 5.91 Å². The molecule has 192 valence electrons. The maximum Gasteiger partial charge on any atom is 0.404 e. The third-order valence-corrected chi connectivity index (χ3v) is 5.14. The van der Waals surface area contributed by atoms with Crippen molar-refractivity contribution in [1.29, 1.82) is 0 Å². The lowest BCUT2D eigenvalue weighted by molar-refractivity contribution is 0.0995. The van der Waals surface area contributed by atoms with Crippen LogP contribution in [0.25, 0.3) is 11.0 Å². The van der Waals surface area contributed by atoms with Crippen LogP contribution in [0.15, 0.2) is 30.4 Å². The number of hydrogen-bond acceptors (Lipinski definition) is 7. The highest BCUT2D eigenvalue weighted by molar-refractivity contribution is 6.04. The summed E-state index contributed by atoms with van der Waals surface area (Å²) in [6.45, 7) is 4.54. The number of carboxylic acid groups (broad SMARTS) is 1. The van der Waals surface area contributed by atoms with Crippen LogP contribution in [-0.2, 0) is 13.1 Å². The van der Waals surface area contributed by atoms with Crippen molar-refractivity contribution in [3.63, 3.8) is 0 Å². The molecule has 0 radical (unpaired) electrons. The number of carbonyl (C=O) groups excluding carboxylic acids is 2. The standard InChI is InChI=1S/C23H29N7O6/c1-3-30-17(11-14(2)28-30)21(33)27-22-26-16-12-15(20(24)32)13-18(36-10-6-9-31)19(16)29(22)8-5-4-7-25-23(34)35/h4-5,11-13,25,31H,3,6-10H2,1-2H3,(H2,24,32)(H,34,35)(H,26,27,33)/b5-4+. The summed E-state index contributed by atoms with van der Waals surface area (Å²) in [6.07, 6.45) is 2.53. The number of amides is 3. The highest BCUT2D eigenvalue weighted by atomic mass is 16.5. The Morgan fingerprint density at radius 2 is 2.00 bits per heavy atom. The summed E-state index contributed by atoms with van der Waals surface area (Å²) in [4.78, 5) is 40.2. The Hall–Kier alpha value is -4.39. The number of ether oxygens (including phenoxy) is 1. The van der Waals surface area contributed by atoms with Gasteiger partial charge in [-0.15, -0.1) is 0 Å². The number of rotatable bonds is 12. The molecular weight excluding hydrogens is 470 g/mol. The molecule has 3 aromatic rings. The second kappa shape index (κ2) is 11.8. The van der Waals surface area contributed by atoms with Gasteiger partial charge < -0.3 is 30.6 Å². The first kappa shape index (κ1) is 26.2. The molecule has 1 aromatic carbocycles. The van der Waals surface area contributed by atoms with Crippen LogP contribution in [0.4, 0.5) is 10.7 Å². The first-order valence-corrected chi connectivity index (χ1v) is 11.3. The molecule has 0 unspecified atom stereocenters. The lowest BCUT2D eigenvalue weighted by Gasteiger charge is -2.12. The minimum absolute atomic E-state index is 0.0803. The quantitative estimate of drug-likeness (QED) is 0.183. The van der Waals surface area contributed by atoms with Crippen molar-refractivity contribution in [1.82, 2.24) is 24.6 Å². The van der Waals surface area contributed by atoms with Gasteiger partial charge in [-0.1, -0.05) is 12.2 Å². The molecule has 0 fully saturated rings. The molecule has 0 aliphatic heterocycles. The number of nitrogens with two attached hydrogens (primary N) is 1. The largest absolute Gasteiger partial charge is 0.491 e. The van der Waals surface area contributed by atoms with Gasteiger partial charge in [0.05, 0.1) is 17.8 Å². The number of nitrogens with one attached hydrogen (secondary N) is 2. The monoisotopic (exact) mass is 499 g/mol. The average molecular weight is 500 g/mol. The van der Waals surface area contributed by atoms with E-state index in [0.29, 0.717) is 41.1 Å². The number of primary amides is 1. The van der Waals surface area contributed by atoms with Gasteiger partial charge >= 0.3 is 6.09 Å². The highest BCUT2D eigenvalue weighted by Gasteiger charge is 2.21. The summed E-state index contributed by atoms with van der Waals surface area (Å²) in [6, 6.07) is 4.65. The second-order valence-corrected chi connectivity index (χ2v) is 7.78. The number of allylic oxidation sites excluding steroid dienone is 1. The van der Waals surface area contributed by atoms with E-state index in [-0.39, 0.29) is 37.8 Å². The Bertz CT molecular complexity index is 1290. The molecule has 13 nitrogen and oxygen atoms in total. The lowest BCUT2D eigenvalue weighted by Crippen LogP contribution is -2.21. The molecule has 2 aromatic heterocycles. The molecule has 0 aliphatic carbocycles. The van der Waals surface area contributed by atoms with Gasteiger partial charge in [-0.2, -0.15) is 5.10 Å². The van der Waals surface area contributed by atoms with Gasteiger partial charge in [-0.05, 0) is 32.0 Å². The molecule has 6 N–H and O–H groups in total. The van der Waals surface area contributed by atoms with Gasteiger partial charge in [-0.3, -0.25) is 19.6 Å². The first-order valence-electron chi connectivity index (χ1n) is 11.3. The number of nitrogens with zero attached hydrogens (tertiary/aromatic N) is 4. The van der Waals surface area contributed by atoms with E-state index < -0.39 is 17.9 Å². The van der Waals surface area contributed by atoms with Crippen molar-refractivity contribution in [2.75, 3.05) is 25.1 Å². The maximum atomic E-state index is 13.1. The Morgan fingerprint density at radius 3 is 2.67 bits per heavy atom. The van der Waals surface area contributed by atoms with Crippen LogP contribution in [0.1, 0.15) is 39.9 Å². The van der Waals surface area contributed by atoms with Crippen molar-refractivity contribution < 1.29 is 29.3 Å². The highest BCUT2D eigenvalue weighted by Crippen LogP contribution is 2.31. The van der Waals surface area contributed by atoms with Crippen LogP contribution in [0.3, 0.4) is 0 Å². The van der Waals surface area contributed by atoms with E-state index in [0.717, 1.165) is 0 Å². The molecule has 0 bridgehead atoms. The summed E-state index contributed by atoms with van der Waals surface area (Å²) in [5, 5.41) is 27.2. The molecule has 13 heteroatoms. The van der Waals surface area contributed by atoms with Gasteiger partial charge in [-0.25, -0.2) is 9.78 Å². The van der Waals surface area contributed by atoms with Gasteiger partial charge in [0, 0.05) is 38.2 Å². The number of aromatic nitrogens is 4. The minimum atomic E-state index is -1.15. The molecular formula is C23H29N7O6. The lowest BCUT2D eigenvalue weighted by atomic mass is 10.1. The number of aliphatic hydroxyl groups excluding tert-OH is 1. The van der Waals surface area contributed by atoms with Crippen LogP contribution in [0.2, 0.25) is 0 Å². The normalized spacial score (nSPS) is 11.2. The van der Waals surface area contributed by atoms with Crippen LogP contribution < -0.4 is 21.1 Å². The molecule has 3 amide bonds. The Balaban J connectivity index is 2.07. The molecule has 3 rings (SSSR count). The average Bonchev–Trinajstić information content (AvgIpc) is 3.38. The van der Waals surface area contributed by atoms with Crippen LogP contribution in [0, 0.1) is 6.92 Å². The van der Waals surface area contributed by atoms with E-state index in [1.54, 1.807) is 34.4 Å². The van der Waals surface area contributed by atoms with E-state index in [4.69, 9.17) is 20.7 Å². The zero-order valence-corrected chi connectivity index (χ0v) is 20.0. The molecule has 0 saturated carbocycles. The van der Waals surface area contributed by atoms with Crippen molar-refractivity contribution in [3.05, 3.63) is 47.3 Å². The third-order valence-electron chi connectivity index (χ3n) is 5.14. The number of imidazole rings is 1. The van der Waals surface area contributed by atoms with Crippen molar-refractivity contribution in [2.24, 2.45) is 5.73 Å². The Labute approximate surface area is 206 Å². The number of hydrogen-bond donors (Lipinski definition) is 5. The second-order valence-electron chi connectivity index (χ2n) is 7.78. The summed E-state index contributed by atoms with van der Waals surface area (Å²) in [7, 11) is 0. The van der Waals surface area contributed by atoms with Crippen molar-refractivity contribution in [2.45, 2.75) is 33.4 Å². The summed E-state index contributed by atoms with van der Waals surface area (Å²) < 4.78 is 9.07. The molecule has 2 heterocycles. The number of fused-ring (bicyclic) bond motifs is 1. The number of benzene rings is 1. The fourth-order valence-electron chi connectivity index (χ4n) is 3.55. The van der Waals surface area contributed by atoms with Crippen LogP contribution in [-0.4, -0.2) is 67.2 Å². The smallest absolute Gasteiger partial charge is 0.404 e. The van der Waals surface area contributed by atoms with Gasteiger partial charge in [0.15, 0.2) is 0 Å². The van der Waals surface area contributed by atoms with Crippen LogP contribution in [0.5, 0.6) is 5.75 Å². The van der Waals surface area contributed by atoms with E-state index in [2.05, 4.69) is 20.7 Å². The Kier molecular flexibility index (Phi) is 8.62. The zero-order chi connectivity index (χ0) is 26.2. The van der Waals surface area contributed by atoms with Gasteiger partial charge in [0.1, 0.15) is 17.0 Å². The fraction of sp³-hybridized carbons (Fsp3) is 0.348. The molecule has 0 saturated heterocycles. The minimum Gasteiger partial charge on any atom is -0.491 e. The number of aryl methyl sites for hydroxylation is 2. The molecule has 0 atom stereocenters. The van der Waals surface area contributed by atoms with Crippen molar-refractivity contribution >= 4 is 34.9 Å². The number of anilines is 1. The van der Waals surface area contributed by atoms with E-state index in [9.17, 15) is 14.4 Å². The Morgan fingerprint density at radius 1 is 1.22 bits per heavy atom. The third kappa shape index (κ3) is 6.18. The molecule has 0 aliphatic rings.